The summed E-state index contributed by atoms with van der Waals surface area (Å²) in [6.07, 6.45) is 4.48. The highest BCUT2D eigenvalue weighted by Gasteiger charge is 2.60. The molecular weight excluding hydrogens is 398 g/mol. The van der Waals surface area contributed by atoms with Crippen LogP contribution in [0.1, 0.15) is 73.5 Å². The topological polar surface area (TPSA) is 49.8 Å². The zero-order valence-electron chi connectivity index (χ0n) is 19.3. The van der Waals surface area contributed by atoms with Gasteiger partial charge in [0.05, 0.1) is 18.8 Å². The van der Waals surface area contributed by atoms with Crippen molar-refractivity contribution in [1.82, 2.24) is 4.98 Å². The van der Waals surface area contributed by atoms with Crippen LogP contribution in [0.5, 0.6) is 0 Å². The zero-order chi connectivity index (χ0) is 21.4. The Hall–Kier alpha value is -0.576. The van der Waals surface area contributed by atoms with Gasteiger partial charge in [0.25, 0.3) is 0 Å². The average Bonchev–Trinajstić information content (AvgIpc) is 3.04. The molecule has 29 heavy (non-hydrogen) atoms. The van der Waals surface area contributed by atoms with Gasteiger partial charge in [0.2, 0.25) is 0 Å². The van der Waals surface area contributed by atoms with Crippen molar-refractivity contribution in [3.05, 3.63) is 30.1 Å². The van der Waals surface area contributed by atoms with Gasteiger partial charge in [-0.3, -0.25) is 4.98 Å². The lowest BCUT2D eigenvalue weighted by Crippen LogP contribution is -2.65. The molecule has 0 amide bonds. The Balaban J connectivity index is 1.99. The van der Waals surface area contributed by atoms with Crippen molar-refractivity contribution in [1.29, 1.82) is 0 Å². The van der Waals surface area contributed by atoms with Gasteiger partial charge in [-0.25, -0.2) is 0 Å². The third-order valence-corrected chi connectivity index (χ3v) is 16.9. The molecule has 2 aliphatic heterocycles. The molecule has 0 aromatic carbocycles. The summed E-state index contributed by atoms with van der Waals surface area (Å²) in [4.78, 5) is 4.28. The van der Waals surface area contributed by atoms with Crippen molar-refractivity contribution in [2.75, 3.05) is 6.61 Å². The van der Waals surface area contributed by atoms with Gasteiger partial charge in [-0.15, -0.1) is 0 Å². The fourth-order valence-corrected chi connectivity index (χ4v) is 16.1. The molecule has 1 aromatic heterocycles. The normalized spacial score (nSPS) is 29.3. The summed E-state index contributed by atoms with van der Waals surface area (Å²) in [5.74, 6) is 0. The second-order valence-corrected chi connectivity index (χ2v) is 18.7. The molecule has 0 N–H and O–H groups in total. The number of pyridine rings is 1. The van der Waals surface area contributed by atoms with Crippen LogP contribution in [0.3, 0.4) is 0 Å². The summed E-state index contributed by atoms with van der Waals surface area (Å²) in [5, 5.41) is 0. The first-order valence-electron chi connectivity index (χ1n) is 11.2. The van der Waals surface area contributed by atoms with Crippen molar-refractivity contribution in [2.45, 2.75) is 102 Å². The van der Waals surface area contributed by atoms with Gasteiger partial charge < -0.3 is 17.7 Å². The predicted molar refractivity (Wildman–Crippen MR) is 120 cm³/mol. The number of rotatable bonds is 5. The Morgan fingerprint density at radius 1 is 0.897 bits per heavy atom. The van der Waals surface area contributed by atoms with Crippen LogP contribution in [-0.4, -0.2) is 40.9 Å². The lowest BCUT2D eigenvalue weighted by atomic mass is 10.1. The van der Waals surface area contributed by atoms with Gasteiger partial charge in [-0.1, -0.05) is 61.5 Å². The molecule has 3 atom stereocenters. The van der Waals surface area contributed by atoms with E-state index in [1.807, 2.05) is 12.3 Å². The van der Waals surface area contributed by atoms with Crippen molar-refractivity contribution in [3.8, 4) is 0 Å². The van der Waals surface area contributed by atoms with E-state index in [9.17, 15) is 0 Å². The third-order valence-electron chi connectivity index (χ3n) is 6.60. The standard InChI is InChI=1S/C22H39NO4Si2/c1-15(2)28(16(3)4)24-14-22-21(26-29(27-28,17(5)6)18(7)8)12-20(25-22)19-10-9-11-23-13-19/h9-11,13,15-18,20-22H,12,14H2,1-8H3/t20-,21?,22?/m1/s1. The molecule has 2 aliphatic rings. The first-order valence-corrected chi connectivity index (χ1v) is 15.1. The minimum atomic E-state index is -2.56. The number of hydrogen-bond acceptors (Lipinski definition) is 5. The van der Waals surface area contributed by atoms with Gasteiger partial charge >= 0.3 is 17.1 Å². The molecule has 2 fully saturated rings. The molecule has 0 saturated carbocycles. The van der Waals surface area contributed by atoms with E-state index in [0.29, 0.717) is 28.8 Å². The highest BCUT2D eigenvalue weighted by molar-refractivity contribution is 6.83. The van der Waals surface area contributed by atoms with Crippen LogP contribution in [0, 0.1) is 0 Å². The highest BCUT2D eigenvalue weighted by atomic mass is 28.5. The van der Waals surface area contributed by atoms with E-state index in [2.05, 4.69) is 66.4 Å². The van der Waals surface area contributed by atoms with E-state index in [-0.39, 0.29) is 18.3 Å². The van der Waals surface area contributed by atoms with E-state index in [4.69, 9.17) is 17.7 Å². The first-order chi connectivity index (χ1) is 13.6. The SMILES string of the molecule is CC(C)[Si]1(C(C)C)OCC2O[C@@H](c3cccnc3)CC2O[Si](C(C)C)(C(C)C)O1. The maximum Gasteiger partial charge on any atom is 0.335 e. The van der Waals surface area contributed by atoms with Gasteiger partial charge in [-0.2, -0.15) is 0 Å². The molecule has 2 unspecified atom stereocenters. The van der Waals surface area contributed by atoms with E-state index >= 15 is 0 Å². The number of hydrogen-bond donors (Lipinski definition) is 0. The largest absolute Gasteiger partial charge is 0.414 e. The van der Waals surface area contributed by atoms with Crippen LogP contribution in [0.2, 0.25) is 22.2 Å². The van der Waals surface area contributed by atoms with E-state index in [1.54, 1.807) is 6.20 Å². The number of ether oxygens (including phenoxy) is 1. The minimum Gasteiger partial charge on any atom is -0.414 e. The Kier molecular flexibility index (Phi) is 7.08. The van der Waals surface area contributed by atoms with E-state index in [1.165, 1.54) is 0 Å². The number of nitrogens with zero attached hydrogens (tertiary/aromatic N) is 1. The first kappa shape index (κ1) is 23.1. The summed E-state index contributed by atoms with van der Waals surface area (Å²) in [6.45, 7) is 18.6. The summed E-state index contributed by atoms with van der Waals surface area (Å²) >= 11 is 0. The molecular formula is C22H39NO4Si2. The molecule has 5 nitrogen and oxygen atoms in total. The maximum absolute atomic E-state index is 7.23. The lowest BCUT2D eigenvalue weighted by molar-refractivity contribution is -0.0386. The summed E-state index contributed by atoms with van der Waals surface area (Å²) in [7, 11) is -5.05. The zero-order valence-corrected chi connectivity index (χ0v) is 21.3. The van der Waals surface area contributed by atoms with Crippen LogP contribution in [-0.2, 0) is 17.7 Å². The molecule has 0 aliphatic carbocycles. The van der Waals surface area contributed by atoms with Crippen molar-refractivity contribution < 1.29 is 17.7 Å². The quantitative estimate of drug-likeness (QED) is 0.539. The Morgan fingerprint density at radius 3 is 2.03 bits per heavy atom. The number of fused-ring (bicyclic) bond motifs is 1. The average molecular weight is 438 g/mol. The monoisotopic (exact) mass is 437 g/mol. The third kappa shape index (κ3) is 4.27. The summed E-state index contributed by atoms with van der Waals surface area (Å²) in [6, 6.07) is 4.06. The van der Waals surface area contributed by atoms with Gasteiger partial charge in [0.15, 0.2) is 0 Å². The summed E-state index contributed by atoms with van der Waals surface area (Å²) in [5.41, 5.74) is 2.49. The predicted octanol–water partition coefficient (Wildman–Crippen LogP) is 5.87. The molecule has 3 heterocycles. The molecule has 1 aromatic rings. The molecule has 0 bridgehead atoms. The second-order valence-electron chi connectivity index (χ2n) is 9.82. The van der Waals surface area contributed by atoms with Crippen molar-refractivity contribution in [3.63, 3.8) is 0 Å². The van der Waals surface area contributed by atoms with Gasteiger partial charge in [0, 0.05) is 18.8 Å². The van der Waals surface area contributed by atoms with Crippen molar-refractivity contribution in [2.24, 2.45) is 0 Å². The fraction of sp³-hybridized carbons (Fsp3) is 0.773. The Bertz CT molecular complexity index is 652. The molecule has 164 valence electrons. The highest BCUT2D eigenvalue weighted by Crippen LogP contribution is 2.48. The molecule has 0 radical (unpaired) electrons. The maximum atomic E-state index is 7.23. The Morgan fingerprint density at radius 2 is 1.52 bits per heavy atom. The molecule has 7 heteroatoms. The number of aromatic nitrogens is 1. The van der Waals surface area contributed by atoms with Crippen LogP contribution in [0.25, 0.3) is 0 Å². The van der Waals surface area contributed by atoms with Gasteiger partial charge in [0.1, 0.15) is 6.10 Å². The summed E-state index contributed by atoms with van der Waals surface area (Å²) < 4.78 is 27.6. The van der Waals surface area contributed by atoms with Crippen LogP contribution in [0.4, 0.5) is 0 Å². The lowest BCUT2D eigenvalue weighted by Gasteiger charge is -2.51. The van der Waals surface area contributed by atoms with Crippen molar-refractivity contribution >= 4 is 17.1 Å². The van der Waals surface area contributed by atoms with Gasteiger partial charge in [-0.05, 0) is 33.8 Å². The van der Waals surface area contributed by atoms with E-state index < -0.39 is 17.1 Å². The second kappa shape index (κ2) is 8.88. The fourth-order valence-electron chi connectivity index (χ4n) is 4.93. The van der Waals surface area contributed by atoms with E-state index in [0.717, 1.165) is 12.0 Å². The Labute approximate surface area is 179 Å². The molecule has 3 rings (SSSR count). The minimum absolute atomic E-state index is 0.000547. The van der Waals surface area contributed by atoms with Crippen LogP contribution in [0.15, 0.2) is 24.5 Å². The molecule has 0 spiro atoms. The van der Waals surface area contributed by atoms with Crippen LogP contribution >= 0.6 is 0 Å². The smallest absolute Gasteiger partial charge is 0.335 e. The molecule has 2 saturated heterocycles. The van der Waals surface area contributed by atoms with Crippen LogP contribution < -0.4 is 0 Å².